The van der Waals surface area contributed by atoms with Crippen molar-refractivity contribution in [2.45, 2.75) is 48.6 Å². The van der Waals surface area contributed by atoms with Gasteiger partial charge in [0, 0.05) is 29.8 Å². The van der Waals surface area contributed by atoms with Crippen molar-refractivity contribution >= 4 is 72.8 Å². The van der Waals surface area contributed by atoms with E-state index in [9.17, 15) is 27.6 Å². The van der Waals surface area contributed by atoms with Gasteiger partial charge in [-0.1, -0.05) is 11.3 Å². The van der Waals surface area contributed by atoms with Crippen molar-refractivity contribution in [2.24, 2.45) is 0 Å². The second-order valence-corrected chi connectivity index (χ2v) is 10.7. The van der Waals surface area contributed by atoms with E-state index in [1.165, 1.54) is 6.07 Å². The van der Waals surface area contributed by atoms with E-state index >= 15 is 0 Å². The van der Waals surface area contributed by atoms with Crippen LogP contribution in [0.4, 0.5) is 18.0 Å². The highest BCUT2D eigenvalue weighted by molar-refractivity contribution is 6.67. The number of nitrogens with zero attached hydrogens (tertiary/aromatic N) is 2. The molecule has 0 spiro atoms. The van der Waals surface area contributed by atoms with Gasteiger partial charge in [0.05, 0.1) is 50.9 Å². The van der Waals surface area contributed by atoms with Crippen LogP contribution in [0.3, 0.4) is 0 Å². The Morgan fingerprint density at radius 2 is 1.55 bits per heavy atom. The van der Waals surface area contributed by atoms with E-state index in [0.717, 1.165) is 12.1 Å². The number of nitrogens with one attached hydrogen (secondary N) is 2. The van der Waals surface area contributed by atoms with Crippen molar-refractivity contribution < 1.29 is 37.0 Å². The minimum atomic E-state index is -3.06. The lowest BCUT2D eigenvalue weighted by Crippen LogP contribution is -2.57. The summed E-state index contributed by atoms with van der Waals surface area (Å²) in [6, 6.07) is 5.79. The molecule has 0 aromatic heterocycles. The van der Waals surface area contributed by atoms with Crippen LogP contribution < -0.4 is 15.6 Å². The number of hydrogen-bond donors (Lipinski definition) is 2. The zero-order valence-corrected chi connectivity index (χ0v) is 23.9. The van der Waals surface area contributed by atoms with Crippen molar-refractivity contribution in [3.05, 3.63) is 64.5 Å². The van der Waals surface area contributed by atoms with Crippen molar-refractivity contribution in [1.29, 1.82) is 5.26 Å². The Kier molecular flexibility index (Phi) is 11.1. The molecule has 0 bridgehead atoms. The lowest BCUT2D eigenvalue weighted by atomic mass is 9.22. The first-order valence-electron chi connectivity index (χ1n) is 12.4. The molecular formula is C25H20B7F3N4O5. The molecule has 0 heterocycles. The first kappa shape index (κ1) is 36.4. The molecule has 44 heavy (non-hydrogen) atoms. The van der Waals surface area contributed by atoms with Crippen molar-refractivity contribution in [3.63, 3.8) is 0 Å². The van der Waals surface area contributed by atoms with Gasteiger partial charge in [0.25, 0.3) is 5.91 Å². The fourth-order valence-electron chi connectivity index (χ4n) is 3.51. The highest BCUT2D eigenvalue weighted by Gasteiger charge is 2.40. The molecule has 0 saturated carbocycles. The van der Waals surface area contributed by atoms with Crippen molar-refractivity contribution in [2.75, 3.05) is 6.54 Å². The fourth-order valence-corrected chi connectivity index (χ4v) is 3.51. The van der Waals surface area contributed by atoms with Gasteiger partial charge >= 0.3 is 6.09 Å². The summed E-state index contributed by atoms with van der Waals surface area (Å²) in [7, 11) is 40.2. The number of ether oxygens (including phenoxy) is 2. The van der Waals surface area contributed by atoms with Crippen LogP contribution in [0.25, 0.3) is 0 Å². The van der Waals surface area contributed by atoms with E-state index in [1.54, 1.807) is 26.8 Å². The minimum absolute atomic E-state index is 0.0535. The molecule has 0 saturated heterocycles. The second-order valence-electron chi connectivity index (χ2n) is 10.7. The molecule has 0 aliphatic rings. The van der Waals surface area contributed by atoms with Crippen LogP contribution in [0.5, 0.6) is 5.75 Å². The van der Waals surface area contributed by atoms with Gasteiger partial charge in [-0.2, -0.15) is 5.26 Å². The number of halogens is 3. The summed E-state index contributed by atoms with van der Waals surface area (Å²) < 4.78 is 54.1. The van der Waals surface area contributed by atoms with E-state index in [-0.39, 0.29) is 11.1 Å². The zero-order valence-electron chi connectivity index (χ0n) is 23.9. The molecule has 2 rings (SSSR count). The van der Waals surface area contributed by atoms with Crippen LogP contribution in [0.1, 0.15) is 37.5 Å². The second kappa shape index (κ2) is 13.4. The number of carbonyl (C=O) groups is 3. The number of carbonyl (C=O) groups excluding carboxylic acids is 3. The molecule has 14 radical (unpaired) electrons. The van der Waals surface area contributed by atoms with Crippen LogP contribution in [-0.2, 0) is 26.1 Å². The zero-order chi connectivity index (χ0) is 33.8. The maximum absolute atomic E-state index is 14.9. The summed E-state index contributed by atoms with van der Waals surface area (Å²) in [5.41, 5.74) is 1.81. The highest BCUT2D eigenvalue weighted by Crippen LogP contribution is 2.42. The number of amides is 3. The predicted octanol–water partition coefficient (Wildman–Crippen LogP) is -0.00112. The van der Waals surface area contributed by atoms with Crippen LogP contribution in [0.2, 0.25) is 5.11 Å². The van der Waals surface area contributed by atoms with E-state index in [0.29, 0.717) is 17.0 Å². The summed E-state index contributed by atoms with van der Waals surface area (Å²) in [5.74, 6) is -7.14. The lowest BCUT2D eigenvalue weighted by molar-refractivity contribution is -0.141. The average molecular weight is 589 g/mol. The quantitative estimate of drug-likeness (QED) is 0.314. The van der Waals surface area contributed by atoms with E-state index in [2.05, 4.69) is 0 Å². The first-order valence-corrected chi connectivity index (χ1v) is 12.4. The molecule has 19 heteroatoms. The molecule has 212 valence electrons. The Morgan fingerprint density at radius 1 is 0.932 bits per heavy atom. The van der Waals surface area contributed by atoms with Gasteiger partial charge in [0.2, 0.25) is 5.91 Å². The smallest absolute Gasteiger partial charge is 0.426 e. The number of nitriles is 1. The third kappa shape index (κ3) is 9.34. The first-order chi connectivity index (χ1) is 20.0. The molecule has 3 amide bonds. The summed E-state index contributed by atoms with van der Waals surface area (Å²) in [6.45, 7) is 3.02. The van der Waals surface area contributed by atoms with Gasteiger partial charge in [0.15, 0.2) is 0 Å². The van der Waals surface area contributed by atoms with E-state index in [1.807, 2.05) is 10.9 Å². The summed E-state index contributed by atoms with van der Waals surface area (Å²) in [5, 5.41) is 0.734. The fraction of sp³-hybridized carbons (Fsp3) is 0.360. The minimum Gasteiger partial charge on any atom is -0.497 e. The van der Waals surface area contributed by atoms with E-state index in [4.69, 9.17) is 69.7 Å². The predicted molar refractivity (Wildman–Crippen MR) is 158 cm³/mol. The molecule has 2 aromatic rings. The normalized spacial score (nSPS) is 12.0. The molecule has 0 unspecified atom stereocenters. The average Bonchev–Trinajstić information content (AvgIpc) is 2.85. The molecule has 0 fully saturated rings. The van der Waals surface area contributed by atoms with Crippen molar-refractivity contribution in [3.8, 4) is 11.8 Å². The molecule has 0 aliphatic carbocycles. The number of hydrazine groups is 1. The molecule has 2 N–H and O–H groups in total. The third-order valence-corrected chi connectivity index (χ3v) is 5.63. The van der Waals surface area contributed by atoms with Gasteiger partial charge in [-0.15, -0.1) is 5.11 Å². The third-order valence-electron chi connectivity index (χ3n) is 5.63. The standard InChI is InChI=1S/C25H20B7F3N4O5/c1-22(2,3)44-21(42)38-37-18(40)11-39(10-13-5-4-12(9-36)6-15(13)34)20(41)24(28,29)43-17-8-14(33)7-16(35)19(17)23(26,27)25(30,31)32/h4-8H,10-11H2,1-3H3,(H,37,40)(H,38,42). The highest BCUT2D eigenvalue weighted by atomic mass is 19.1. The SMILES string of the molecule is [B]C([B])(Oc1cc(F)cc(F)c1C([B])([B])C([B])([B])[B])C(=O)N(CC(=O)NNC(=O)OC(C)(C)C)Cc1ccc(C#N)cc1F. The summed E-state index contributed by atoms with van der Waals surface area (Å²) in [6.07, 6.45) is -1.05. The van der Waals surface area contributed by atoms with Crippen LogP contribution in [-0.4, -0.2) is 95.3 Å². The summed E-state index contributed by atoms with van der Waals surface area (Å²) >= 11 is 0. The monoisotopic (exact) mass is 590 g/mol. The Morgan fingerprint density at radius 3 is 2.07 bits per heavy atom. The van der Waals surface area contributed by atoms with Gasteiger partial charge in [-0.3, -0.25) is 15.0 Å². The van der Waals surface area contributed by atoms with E-state index < -0.39 is 81.1 Å². The molecule has 0 aliphatic heterocycles. The van der Waals surface area contributed by atoms with Gasteiger partial charge in [-0.25, -0.2) is 23.4 Å². The maximum atomic E-state index is 14.9. The molecule has 0 atom stereocenters. The molecular weight excluding hydrogens is 569 g/mol. The Labute approximate surface area is 262 Å². The molecule has 9 nitrogen and oxygen atoms in total. The maximum Gasteiger partial charge on any atom is 0.426 e. The van der Waals surface area contributed by atoms with Crippen LogP contribution >= 0.6 is 0 Å². The van der Waals surface area contributed by atoms with Gasteiger partial charge in [-0.05, 0) is 32.9 Å². The van der Waals surface area contributed by atoms with Gasteiger partial charge < -0.3 is 14.4 Å². The largest absolute Gasteiger partial charge is 0.497 e. The Bertz CT molecular complexity index is 1480. The number of hydrogen-bond acceptors (Lipinski definition) is 6. The molecule has 2 aromatic carbocycles. The van der Waals surface area contributed by atoms with Crippen LogP contribution in [0.15, 0.2) is 30.3 Å². The lowest BCUT2D eigenvalue weighted by Gasteiger charge is -2.44. The van der Waals surface area contributed by atoms with Gasteiger partial charge in [0.1, 0.15) is 56.4 Å². The Hall–Kier alpha value is -3.82. The van der Waals surface area contributed by atoms with Crippen molar-refractivity contribution in [1.82, 2.24) is 15.8 Å². The van der Waals surface area contributed by atoms with Crippen LogP contribution in [0, 0.1) is 28.8 Å². The number of rotatable bonds is 9. The number of benzene rings is 2. The Balaban J connectivity index is 2.48. The topological polar surface area (TPSA) is 121 Å². The summed E-state index contributed by atoms with van der Waals surface area (Å²) in [4.78, 5) is 38.7.